The molecule has 1 atom stereocenters. The fourth-order valence-corrected chi connectivity index (χ4v) is 4.52. The van der Waals surface area contributed by atoms with Crippen molar-refractivity contribution in [2.45, 2.75) is 13.0 Å². The number of carbonyl (C=O) groups is 1. The molecular formula is C26H20Cl2N6O4. The monoisotopic (exact) mass is 550 g/mol. The molecule has 0 aliphatic carbocycles. The maximum absolute atomic E-state index is 13.7. The highest BCUT2D eigenvalue weighted by molar-refractivity contribution is 6.42. The number of anilines is 2. The first-order chi connectivity index (χ1) is 18.3. The number of benzene rings is 3. The minimum atomic E-state index is -0.745. The van der Waals surface area contributed by atoms with Gasteiger partial charge in [-0.2, -0.15) is 4.98 Å². The molecular weight excluding hydrogens is 531 g/mol. The molecule has 0 spiro atoms. The number of nitrogens with one attached hydrogen (secondary N) is 2. The van der Waals surface area contributed by atoms with Crippen LogP contribution in [0.15, 0.2) is 78.0 Å². The topological polar surface area (TPSA) is 124 Å². The van der Waals surface area contributed by atoms with E-state index in [1.165, 1.54) is 19.2 Å². The molecule has 2 heterocycles. The molecule has 12 heteroatoms. The van der Waals surface area contributed by atoms with Gasteiger partial charge in [0.1, 0.15) is 11.8 Å². The number of para-hydroxylation sites is 2. The number of nitrogens with zero attached hydrogens (tertiary/aromatic N) is 4. The summed E-state index contributed by atoms with van der Waals surface area (Å²) in [6.07, 6.45) is 0. The zero-order valence-corrected chi connectivity index (χ0v) is 21.6. The van der Waals surface area contributed by atoms with Crippen molar-refractivity contribution in [3.05, 3.63) is 104 Å². The summed E-state index contributed by atoms with van der Waals surface area (Å²) in [7, 11) is 1.52. The minimum absolute atomic E-state index is 0.0706. The third-order valence-corrected chi connectivity index (χ3v) is 6.79. The van der Waals surface area contributed by atoms with Crippen molar-refractivity contribution >= 4 is 46.4 Å². The van der Waals surface area contributed by atoms with Crippen LogP contribution in [-0.4, -0.2) is 32.7 Å². The summed E-state index contributed by atoms with van der Waals surface area (Å²) in [6.45, 7) is 1.76. The maximum atomic E-state index is 13.7. The number of carbonyl (C=O) groups excluding carboxylic acids is 1. The van der Waals surface area contributed by atoms with E-state index < -0.39 is 16.9 Å². The average Bonchev–Trinajstić information content (AvgIpc) is 3.33. The zero-order valence-electron chi connectivity index (χ0n) is 20.1. The molecule has 1 aliphatic heterocycles. The SMILES string of the molecule is COc1ccccc1NC(=O)C1=C(C)Nc2nc(-c3ccc(Cl)c(Cl)c3)nn2C1c1ccc([N+](=O)[O-])cc1. The minimum Gasteiger partial charge on any atom is -0.495 e. The van der Waals surface area contributed by atoms with Gasteiger partial charge in [0.2, 0.25) is 5.95 Å². The van der Waals surface area contributed by atoms with Gasteiger partial charge in [-0.05, 0) is 55.0 Å². The van der Waals surface area contributed by atoms with Crippen LogP contribution >= 0.6 is 23.2 Å². The zero-order chi connectivity index (χ0) is 27.0. The van der Waals surface area contributed by atoms with Crippen LogP contribution in [0.1, 0.15) is 18.5 Å². The van der Waals surface area contributed by atoms with E-state index in [-0.39, 0.29) is 5.69 Å². The lowest BCUT2D eigenvalue weighted by atomic mass is 9.95. The predicted molar refractivity (Wildman–Crippen MR) is 145 cm³/mol. The highest BCUT2D eigenvalue weighted by Gasteiger charge is 2.35. The Hall–Kier alpha value is -4.41. The van der Waals surface area contributed by atoms with Gasteiger partial charge < -0.3 is 15.4 Å². The predicted octanol–water partition coefficient (Wildman–Crippen LogP) is 6.10. The van der Waals surface area contributed by atoms with Gasteiger partial charge in [-0.1, -0.05) is 35.3 Å². The number of hydrogen-bond donors (Lipinski definition) is 2. The lowest BCUT2D eigenvalue weighted by molar-refractivity contribution is -0.384. The lowest BCUT2D eigenvalue weighted by Gasteiger charge is -2.28. The first-order valence-corrected chi connectivity index (χ1v) is 12.1. The number of rotatable bonds is 6. The first kappa shape index (κ1) is 25.2. The van der Waals surface area contributed by atoms with Gasteiger partial charge in [0.15, 0.2) is 5.82 Å². The van der Waals surface area contributed by atoms with Crippen LogP contribution in [0.25, 0.3) is 11.4 Å². The lowest BCUT2D eigenvalue weighted by Crippen LogP contribution is -2.31. The van der Waals surface area contributed by atoms with Crippen LogP contribution < -0.4 is 15.4 Å². The summed E-state index contributed by atoms with van der Waals surface area (Å²) in [6, 6.07) is 17.3. The number of nitro groups is 1. The van der Waals surface area contributed by atoms with Crippen LogP contribution in [0.3, 0.4) is 0 Å². The van der Waals surface area contributed by atoms with E-state index in [9.17, 15) is 14.9 Å². The number of halogens is 2. The molecule has 10 nitrogen and oxygen atoms in total. The second-order valence-electron chi connectivity index (χ2n) is 8.40. The van der Waals surface area contributed by atoms with E-state index in [2.05, 4.69) is 20.7 Å². The highest BCUT2D eigenvalue weighted by Crippen LogP contribution is 2.38. The van der Waals surface area contributed by atoms with Crippen LogP contribution in [-0.2, 0) is 4.79 Å². The van der Waals surface area contributed by atoms with Gasteiger partial charge in [0.25, 0.3) is 11.6 Å². The van der Waals surface area contributed by atoms with Gasteiger partial charge in [-0.3, -0.25) is 14.9 Å². The molecule has 1 amide bonds. The van der Waals surface area contributed by atoms with Crippen LogP contribution in [0, 0.1) is 10.1 Å². The van der Waals surface area contributed by atoms with Gasteiger partial charge in [0.05, 0.1) is 33.3 Å². The average molecular weight is 551 g/mol. The number of methoxy groups -OCH3 is 1. The standard InChI is InChI=1S/C26H20Cl2N6O4/c1-14-22(25(35)30-20-5-3-4-6-21(20)38-2)23(15-7-10-17(11-8-15)34(36)37)33-26(29-14)31-24(32-33)16-9-12-18(27)19(28)13-16/h3-13,23H,1-2H3,(H,30,35)(H,29,31,32). The van der Waals surface area contributed by atoms with E-state index in [0.29, 0.717) is 55.7 Å². The number of non-ortho nitro benzene ring substituents is 1. The molecule has 3 aromatic carbocycles. The summed E-state index contributed by atoms with van der Waals surface area (Å²) in [5, 5.41) is 22.8. The Kier molecular flexibility index (Phi) is 6.75. The molecule has 0 fully saturated rings. The molecule has 0 bridgehead atoms. The van der Waals surface area contributed by atoms with Gasteiger partial charge in [-0.15, -0.1) is 5.10 Å². The van der Waals surface area contributed by atoms with Crippen molar-refractivity contribution in [3.63, 3.8) is 0 Å². The molecule has 1 aliphatic rings. The Balaban J connectivity index is 1.61. The molecule has 38 heavy (non-hydrogen) atoms. The smallest absolute Gasteiger partial charge is 0.269 e. The molecule has 192 valence electrons. The van der Waals surface area contributed by atoms with E-state index >= 15 is 0 Å². The molecule has 1 aromatic heterocycles. The Morgan fingerprint density at radius 1 is 1.11 bits per heavy atom. The second kappa shape index (κ2) is 10.2. The van der Waals surface area contributed by atoms with Crippen molar-refractivity contribution in [1.82, 2.24) is 14.8 Å². The molecule has 2 N–H and O–H groups in total. The Morgan fingerprint density at radius 3 is 2.53 bits per heavy atom. The van der Waals surface area contributed by atoms with E-state index in [1.807, 2.05) is 0 Å². The first-order valence-electron chi connectivity index (χ1n) is 11.3. The molecule has 0 saturated heterocycles. The number of amides is 1. The normalized spacial score (nSPS) is 14.5. The third kappa shape index (κ3) is 4.67. The largest absolute Gasteiger partial charge is 0.495 e. The van der Waals surface area contributed by atoms with Crippen molar-refractivity contribution in [1.29, 1.82) is 0 Å². The Bertz CT molecular complexity index is 1600. The van der Waals surface area contributed by atoms with Crippen LogP contribution in [0.2, 0.25) is 10.0 Å². The van der Waals surface area contributed by atoms with Gasteiger partial charge in [0, 0.05) is 23.4 Å². The van der Waals surface area contributed by atoms with Crippen molar-refractivity contribution < 1.29 is 14.5 Å². The highest BCUT2D eigenvalue weighted by atomic mass is 35.5. The molecule has 5 rings (SSSR count). The summed E-state index contributed by atoms with van der Waals surface area (Å²) >= 11 is 12.3. The van der Waals surface area contributed by atoms with Gasteiger partial charge >= 0.3 is 0 Å². The van der Waals surface area contributed by atoms with Crippen molar-refractivity contribution in [2.24, 2.45) is 0 Å². The summed E-state index contributed by atoms with van der Waals surface area (Å²) in [4.78, 5) is 29.1. The maximum Gasteiger partial charge on any atom is 0.269 e. The van der Waals surface area contributed by atoms with Crippen LogP contribution in [0.4, 0.5) is 17.3 Å². The molecule has 4 aromatic rings. The summed E-state index contributed by atoms with van der Waals surface area (Å²) < 4.78 is 6.95. The number of ether oxygens (including phenoxy) is 1. The number of allylic oxidation sites excluding steroid dienone is 1. The van der Waals surface area contributed by atoms with Gasteiger partial charge in [-0.25, -0.2) is 4.68 Å². The Morgan fingerprint density at radius 2 is 1.84 bits per heavy atom. The summed E-state index contributed by atoms with van der Waals surface area (Å²) in [5.74, 6) is 0.844. The van der Waals surface area contributed by atoms with Crippen molar-refractivity contribution in [2.75, 3.05) is 17.7 Å². The Labute approximate surface area is 227 Å². The summed E-state index contributed by atoms with van der Waals surface area (Å²) in [5.41, 5.74) is 2.54. The molecule has 0 radical (unpaired) electrons. The number of hydrogen-bond acceptors (Lipinski definition) is 7. The number of aromatic nitrogens is 3. The molecule has 0 saturated carbocycles. The fraction of sp³-hybridized carbons (Fsp3) is 0.115. The van der Waals surface area contributed by atoms with Crippen molar-refractivity contribution in [3.8, 4) is 17.1 Å². The van der Waals surface area contributed by atoms with E-state index in [4.69, 9.17) is 27.9 Å². The van der Waals surface area contributed by atoms with E-state index in [1.54, 1.807) is 66.2 Å². The fourth-order valence-electron chi connectivity index (χ4n) is 4.23. The number of nitro benzene ring substituents is 1. The number of fused-ring (bicyclic) bond motifs is 1. The second-order valence-corrected chi connectivity index (χ2v) is 9.22. The molecule has 1 unspecified atom stereocenters. The van der Waals surface area contributed by atoms with E-state index in [0.717, 1.165) is 0 Å². The third-order valence-electron chi connectivity index (χ3n) is 6.05. The van der Waals surface area contributed by atoms with Crippen LogP contribution in [0.5, 0.6) is 5.75 Å². The quantitative estimate of drug-likeness (QED) is 0.219.